The summed E-state index contributed by atoms with van der Waals surface area (Å²) in [5, 5.41) is 14.3. The maximum Gasteiger partial charge on any atom is 0.270 e. The van der Waals surface area contributed by atoms with Crippen molar-refractivity contribution in [2.24, 2.45) is 0 Å². The Morgan fingerprint density at radius 2 is 2.00 bits per heavy atom. The first-order valence-electron chi connectivity index (χ1n) is 11.3. The Hall–Kier alpha value is -3.48. The molecule has 2 N–H and O–H groups in total. The number of fused-ring (bicyclic) bond motifs is 1. The number of carbonyl (C=O) groups is 2. The fraction of sp³-hybridized carbons (Fsp3) is 0.346. The Bertz CT molecular complexity index is 1240. The first kappa shape index (κ1) is 22.7. The highest BCUT2D eigenvalue weighted by Gasteiger charge is 2.23. The van der Waals surface area contributed by atoms with Crippen LogP contribution in [0.5, 0.6) is 5.75 Å². The number of phenolic OH excluding ortho intramolecular Hbond substituents is 1. The molecule has 1 aromatic heterocycles. The van der Waals surface area contributed by atoms with Gasteiger partial charge in [-0.25, -0.2) is 9.37 Å². The molecule has 6 nitrogen and oxygen atoms in total. The Kier molecular flexibility index (Phi) is 6.31. The van der Waals surface area contributed by atoms with Gasteiger partial charge in [-0.3, -0.25) is 9.59 Å². The van der Waals surface area contributed by atoms with Gasteiger partial charge in [0.15, 0.2) is 0 Å². The van der Waals surface area contributed by atoms with Crippen molar-refractivity contribution in [3.05, 3.63) is 59.2 Å². The molecular formula is C26H28FN3O3. The summed E-state index contributed by atoms with van der Waals surface area (Å²) in [5.74, 6) is -0.510. The van der Waals surface area contributed by atoms with Gasteiger partial charge < -0.3 is 15.3 Å². The van der Waals surface area contributed by atoms with Gasteiger partial charge in [-0.05, 0) is 66.1 Å². The van der Waals surface area contributed by atoms with E-state index >= 15 is 0 Å². The molecule has 1 fully saturated rings. The van der Waals surface area contributed by atoms with E-state index < -0.39 is 0 Å². The maximum absolute atomic E-state index is 13.9. The van der Waals surface area contributed by atoms with Gasteiger partial charge >= 0.3 is 0 Å². The van der Waals surface area contributed by atoms with Crippen molar-refractivity contribution >= 4 is 22.6 Å². The highest BCUT2D eigenvalue weighted by molar-refractivity contribution is 6.10. The smallest absolute Gasteiger partial charge is 0.270 e. The zero-order valence-electron chi connectivity index (χ0n) is 19.1. The largest absolute Gasteiger partial charge is 0.508 e. The third-order valence-electron chi connectivity index (χ3n) is 6.06. The van der Waals surface area contributed by atoms with Crippen LogP contribution < -0.4 is 5.32 Å². The van der Waals surface area contributed by atoms with Gasteiger partial charge in [-0.2, -0.15) is 0 Å². The maximum atomic E-state index is 13.9. The highest BCUT2D eigenvalue weighted by atomic mass is 19.1. The monoisotopic (exact) mass is 449 g/mol. The standard InChI is InChI=1S/C26H28FN3O3/c1-15(2)24-23(17-6-9-21(27)16(3)13-17)19-8-7-18(31)14-20(19)25(29-24)26(33)28-10-12-30-11-4-5-22(30)32/h6-9,13-15,31H,4-5,10-12H2,1-3H3,(H,28,33). The van der Waals surface area contributed by atoms with Gasteiger partial charge in [0.2, 0.25) is 5.91 Å². The molecule has 0 unspecified atom stereocenters. The minimum atomic E-state index is -0.360. The van der Waals surface area contributed by atoms with Crippen LogP contribution in [0.4, 0.5) is 4.39 Å². The number of nitrogens with zero attached hydrogens (tertiary/aromatic N) is 2. The number of aromatic hydroxyl groups is 1. The van der Waals surface area contributed by atoms with E-state index in [0.29, 0.717) is 37.0 Å². The van der Waals surface area contributed by atoms with Crippen molar-refractivity contribution in [2.75, 3.05) is 19.6 Å². The number of likely N-dealkylation sites (tertiary alicyclic amines) is 1. The van der Waals surface area contributed by atoms with Crippen LogP contribution in [0.25, 0.3) is 21.9 Å². The van der Waals surface area contributed by atoms with E-state index in [1.807, 2.05) is 13.8 Å². The van der Waals surface area contributed by atoms with Crippen LogP contribution in [-0.2, 0) is 4.79 Å². The Balaban J connectivity index is 1.77. The van der Waals surface area contributed by atoms with Crippen LogP contribution in [0.3, 0.4) is 0 Å². The van der Waals surface area contributed by atoms with Crippen LogP contribution in [0.15, 0.2) is 36.4 Å². The number of pyridine rings is 1. The number of carbonyl (C=O) groups excluding carboxylic acids is 2. The van der Waals surface area contributed by atoms with Gasteiger partial charge in [0, 0.05) is 37.0 Å². The lowest BCUT2D eigenvalue weighted by Crippen LogP contribution is -2.36. The van der Waals surface area contributed by atoms with Crippen molar-refractivity contribution in [3.63, 3.8) is 0 Å². The summed E-state index contributed by atoms with van der Waals surface area (Å²) in [4.78, 5) is 31.4. The van der Waals surface area contributed by atoms with Crippen molar-refractivity contribution in [1.29, 1.82) is 0 Å². The summed E-state index contributed by atoms with van der Waals surface area (Å²) in [6, 6.07) is 9.80. The molecular weight excluding hydrogens is 421 g/mol. The lowest BCUT2D eigenvalue weighted by atomic mass is 9.90. The van der Waals surface area contributed by atoms with E-state index in [4.69, 9.17) is 4.98 Å². The third-order valence-corrected chi connectivity index (χ3v) is 6.06. The van der Waals surface area contributed by atoms with Gasteiger partial charge in [0.05, 0.1) is 5.69 Å². The van der Waals surface area contributed by atoms with E-state index in [-0.39, 0.29) is 35.0 Å². The molecule has 0 saturated carbocycles. The number of nitrogens with one attached hydrogen (secondary N) is 1. The number of rotatable bonds is 6. The number of hydrogen-bond donors (Lipinski definition) is 2. The van der Waals surface area contributed by atoms with Crippen LogP contribution in [0.2, 0.25) is 0 Å². The molecule has 2 aromatic carbocycles. The zero-order valence-corrected chi connectivity index (χ0v) is 19.1. The minimum Gasteiger partial charge on any atom is -0.508 e. The second-order valence-corrected chi connectivity index (χ2v) is 8.81. The summed E-state index contributed by atoms with van der Waals surface area (Å²) in [7, 11) is 0. The number of hydrogen-bond acceptors (Lipinski definition) is 4. The Labute approximate surface area is 192 Å². The van der Waals surface area contributed by atoms with Crippen LogP contribution in [-0.4, -0.2) is 46.4 Å². The van der Waals surface area contributed by atoms with E-state index in [2.05, 4.69) is 5.32 Å². The lowest BCUT2D eigenvalue weighted by molar-refractivity contribution is -0.127. The van der Waals surface area contributed by atoms with E-state index in [1.54, 1.807) is 36.1 Å². The number of amides is 2. The minimum absolute atomic E-state index is 0.00247. The number of benzene rings is 2. The molecule has 1 aliphatic rings. The molecule has 4 rings (SSSR count). The van der Waals surface area contributed by atoms with E-state index in [9.17, 15) is 19.1 Å². The average Bonchev–Trinajstić information content (AvgIpc) is 3.19. The van der Waals surface area contributed by atoms with Gasteiger partial charge in [-0.15, -0.1) is 0 Å². The first-order chi connectivity index (χ1) is 15.8. The molecule has 3 aromatic rings. The first-order valence-corrected chi connectivity index (χ1v) is 11.3. The van der Waals surface area contributed by atoms with Crippen LogP contribution in [0, 0.1) is 12.7 Å². The molecule has 172 valence electrons. The topological polar surface area (TPSA) is 82.5 Å². The molecule has 2 heterocycles. The molecule has 1 saturated heterocycles. The van der Waals surface area contributed by atoms with Crippen molar-refractivity contribution in [2.45, 2.75) is 39.5 Å². The molecule has 0 aliphatic carbocycles. The molecule has 0 spiro atoms. The molecule has 7 heteroatoms. The second kappa shape index (κ2) is 9.17. The van der Waals surface area contributed by atoms with Gasteiger partial charge in [-0.1, -0.05) is 19.9 Å². The molecule has 1 aliphatic heterocycles. The van der Waals surface area contributed by atoms with Crippen molar-refractivity contribution in [3.8, 4) is 16.9 Å². The predicted molar refractivity (Wildman–Crippen MR) is 126 cm³/mol. The number of aromatic nitrogens is 1. The number of aryl methyl sites for hydroxylation is 1. The molecule has 0 atom stereocenters. The molecule has 2 amide bonds. The molecule has 0 radical (unpaired) electrons. The van der Waals surface area contributed by atoms with Gasteiger partial charge in [0.25, 0.3) is 5.91 Å². The zero-order chi connectivity index (χ0) is 23.7. The lowest BCUT2D eigenvalue weighted by Gasteiger charge is -2.19. The van der Waals surface area contributed by atoms with Gasteiger partial charge in [0.1, 0.15) is 17.3 Å². The molecule has 33 heavy (non-hydrogen) atoms. The summed E-state index contributed by atoms with van der Waals surface area (Å²) in [5.41, 5.74) is 3.09. The normalized spacial score (nSPS) is 13.8. The summed E-state index contributed by atoms with van der Waals surface area (Å²) in [6.07, 6.45) is 1.40. The fourth-order valence-electron chi connectivity index (χ4n) is 4.34. The molecule has 0 bridgehead atoms. The third kappa shape index (κ3) is 4.53. The van der Waals surface area contributed by atoms with Crippen molar-refractivity contribution < 1.29 is 19.1 Å². The fourth-order valence-corrected chi connectivity index (χ4v) is 4.34. The van der Waals surface area contributed by atoms with E-state index in [1.165, 1.54) is 12.1 Å². The van der Waals surface area contributed by atoms with Crippen molar-refractivity contribution in [1.82, 2.24) is 15.2 Å². The summed E-state index contributed by atoms with van der Waals surface area (Å²) < 4.78 is 13.9. The number of halogens is 1. The summed E-state index contributed by atoms with van der Waals surface area (Å²) in [6.45, 7) is 7.19. The quantitative estimate of drug-likeness (QED) is 0.579. The van der Waals surface area contributed by atoms with Crippen LogP contribution >= 0.6 is 0 Å². The summed E-state index contributed by atoms with van der Waals surface area (Å²) >= 11 is 0. The average molecular weight is 450 g/mol. The predicted octanol–water partition coefficient (Wildman–Crippen LogP) is 4.53. The van der Waals surface area contributed by atoms with E-state index in [0.717, 1.165) is 28.6 Å². The SMILES string of the molecule is Cc1cc(-c2c(C(C)C)nc(C(=O)NCCN3CCCC3=O)c3cc(O)ccc23)ccc1F. The number of phenols is 1. The second-order valence-electron chi connectivity index (χ2n) is 8.81. The highest BCUT2D eigenvalue weighted by Crippen LogP contribution is 2.38. The Morgan fingerprint density at radius 3 is 2.67 bits per heavy atom. The Morgan fingerprint density at radius 1 is 1.21 bits per heavy atom. The van der Waals surface area contributed by atoms with Crippen LogP contribution in [0.1, 0.15) is 54.4 Å².